The van der Waals surface area contributed by atoms with Gasteiger partial charge in [-0.15, -0.1) is 23.7 Å². The smallest absolute Gasteiger partial charge is 0.237 e. The van der Waals surface area contributed by atoms with E-state index in [1.165, 1.54) is 32.1 Å². The molecule has 0 spiro atoms. The van der Waals surface area contributed by atoms with E-state index in [1.807, 2.05) is 5.38 Å². The van der Waals surface area contributed by atoms with E-state index in [2.05, 4.69) is 10.3 Å². The molecule has 1 aliphatic carbocycles. The van der Waals surface area contributed by atoms with Crippen molar-refractivity contribution in [3.8, 4) is 0 Å². The summed E-state index contributed by atoms with van der Waals surface area (Å²) in [7, 11) is 0. The van der Waals surface area contributed by atoms with Gasteiger partial charge in [-0.3, -0.25) is 4.79 Å². The number of aromatic nitrogens is 1. The molecule has 2 rings (SSSR count). The van der Waals surface area contributed by atoms with Gasteiger partial charge in [-0.1, -0.05) is 32.1 Å². The van der Waals surface area contributed by atoms with Crippen LogP contribution in [-0.4, -0.2) is 16.9 Å². The largest absolute Gasteiger partial charge is 0.348 e. The highest BCUT2D eigenvalue weighted by molar-refractivity contribution is 7.09. The van der Waals surface area contributed by atoms with E-state index in [4.69, 9.17) is 5.73 Å². The SMILES string of the molecule is Cl.NC(CC1CCCCC1)C(=O)NCc1nccs1. The van der Waals surface area contributed by atoms with Gasteiger partial charge >= 0.3 is 0 Å². The Bertz CT molecular complexity index is 366. The molecule has 0 radical (unpaired) electrons. The fourth-order valence-electron chi connectivity index (χ4n) is 2.52. The topological polar surface area (TPSA) is 68.0 Å². The zero-order valence-electron chi connectivity index (χ0n) is 11.0. The highest BCUT2D eigenvalue weighted by Gasteiger charge is 2.21. The maximum absolute atomic E-state index is 11.9. The normalized spacial score (nSPS) is 17.5. The summed E-state index contributed by atoms with van der Waals surface area (Å²) >= 11 is 1.55. The van der Waals surface area contributed by atoms with Crippen molar-refractivity contribution >= 4 is 29.7 Å². The Morgan fingerprint density at radius 1 is 1.47 bits per heavy atom. The number of carbonyl (C=O) groups excluding carboxylic acids is 1. The molecule has 3 N–H and O–H groups in total. The molecule has 1 aliphatic rings. The van der Waals surface area contributed by atoms with Crippen LogP contribution in [0.15, 0.2) is 11.6 Å². The van der Waals surface area contributed by atoms with Gasteiger partial charge in [0.1, 0.15) is 5.01 Å². The first-order valence-corrected chi connectivity index (χ1v) is 7.55. The van der Waals surface area contributed by atoms with Crippen LogP contribution in [0, 0.1) is 5.92 Å². The van der Waals surface area contributed by atoms with Crippen molar-refractivity contribution < 1.29 is 4.79 Å². The number of hydrogen-bond donors (Lipinski definition) is 2. The summed E-state index contributed by atoms with van der Waals surface area (Å²) in [6.45, 7) is 0.495. The summed E-state index contributed by atoms with van der Waals surface area (Å²) in [4.78, 5) is 16.0. The Morgan fingerprint density at radius 2 is 2.21 bits per heavy atom. The lowest BCUT2D eigenvalue weighted by Gasteiger charge is -2.24. The zero-order chi connectivity index (χ0) is 12.8. The third kappa shape index (κ3) is 5.47. The van der Waals surface area contributed by atoms with Gasteiger partial charge in [0.15, 0.2) is 0 Å². The molecule has 0 saturated heterocycles. The molecule has 1 unspecified atom stereocenters. The predicted octanol–water partition coefficient (Wildman–Crippen LogP) is 2.48. The maximum atomic E-state index is 11.9. The van der Waals surface area contributed by atoms with Gasteiger partial charge in [-0.2, -0.15) is 0 Å². The minimum Gasteiger partial charge on any atom is -0.348 e. The molecule has 4 nitrogen and oxygen atoms in total. The lowest BCUT2D eigenvalue weighted by Crippen LogP contribution is -2.41. The fourth-order valence-corrected chi connectivity index (χ4v) is 3.08. The van der Waals surface area contributed by atoms with E-state index in [0.29, 0.717) is 12.5 Å². The summed E-state index contributed by atoms with van der Waals surface area (Å²) in [5, 5.41) is 5.69. The second kappa shape index (κ2) is 8.51. The molecule has 1 fully saturated rings. The van der Waals surface area contributed by atoms with Gasteiger partial charge in [0.2, 0.25) is 5.91 Å². The summed E-state index contributed by atoms with van der Waals surface area (Å²) in [6.07, 6.45) is 8.94. The Kier molecular flexibility index (Phi) is 7.34. The second-order valence-electron chi connectivity index (χ2n) is 4.99. The van der Waals surface area contributed by atoms with Crippen molar-refractivity contribution in [3.63, 3.8) is 0 Å². The van der Waals surface area contributed by atoms with Gasteiger partial charge in [-0.25, -0.2) is 4.98 Å². The van der Waals surface area contributed by atoms with Crippen molar-refractivity contribution in [2.45, 2.75) is 51.1 Å². The van der Waals surface area contributed by atoms with Gasteiger partial charge in [0.05, 0.1) is 12.6 Å². The van der Waals surface area contributed by atoms with Crippen LogP contribution in [-0.2, 0) is 11.3 Å². The van der Waals surface area contributed by atoms with E-state index in [1.54, 1.807) is 17.5 Å². The number of halogens is 1. The number of amides is 1. The van der Waals surface area contributed by atoms with Gasteiger partial charge in [-0.05, 0) is 12.3 Å². The van der Waals surface area contributed by atoms with E-state index in [9.17, 15) is 4.79 Å². The summed E-state index contributed by atoms with van der Waals surface area (Å²) < 4.78 is 0. The summed E-state index contributed by atoms with van der Waals surface area (Å²) in [6, 6.07) is -0.368. The lowest BCUT2D eigenvalue weighted by atomic mass is 9.85. The van der Waals surface area contributed by atoms with E-state index in [-0.39, 0.29) is 24.4 Å². The van der Waals surface area contributed by atoms with Crippen LogP contribution in [0.3, 0.4) is 0 Å². The maximum Gasteiger partial charge on any atom is 0.237 e. The first kappa shape index (κ1) is 16.4. The third-order valence-corrected chi connectivity index (χ3v) is 4.33. The van der Waals surface area contributed by atoms with Gasteiger partial charge in [0.25, 0.3) is 0 Å². The molecule has 1 aromatic rings. The Morgan fingerprint density at radius 3 is 2.84 bits per heavy atom. The average Bonchev–Trinajstić information content (AvgIpc) is 2.90. The van der Waals surface area contributed by atoms with Crippen molar-refractivity contribution in [1.29, 1.82) is 0 Å². The Balaban J connectivity index is 0.00000180. The molecule has 0 aliphatic heterocycles. The first-order chi connectivity index (χ1) is 8.75. The highest BCUT2D eigenvalue weighted by atomic mass is 35.5. The number of carbonyl (C=O) groups is 1. The molecule has 1 amide bonds. The van der Waals surface area contributed by atoms with Crippen molar-refractivity contribution in [1.82, 2.24) is 10.3 Å². The molecular weight excluding hydrogens is 282 g/mol. The standard InChI is InChI=1S/C13H21N3OS.ClH/c14-11(8-10-4-2-1-3-5-10)13(17)16-9-12-15-6-7-18-12;/h6-7,10-11H,1-5,8-9,14H2,(H,16,17);1H. The van der Waals surface area contributed by atoms with Crippen LogP contribution >= 0.6 is 23.7 Å². The van der Waals surface area contributed by atoms with Crippen LogP contribution in [0.1, 0.15) is 43.5 Å². The Labute approximate surface area is 124 Å². The van der Waals surface area contributed by atoms with Crippen molar-refractivity contribution in [2.75, 3.05) is 0 Å². The zero-order valence-corrected chi connectivity index (χ0v) is 12.6. The monoisotopic (exact) mass is 303 g/mol. The molecule has 6 heteroatoms. The number of hydrogen-bond acceptors (Lipinski definition) is 4. The molecule has 1 heterocycles. The molecule has 1 saturated carbocycles. The van der Waals surface area contributed by atoms with Crippen LogP contribution in [0.4, 0.5) is 0 Å². The van der Waals surface area contributed by atoms with Gasteiger partial charge < -0.3 is 11.1 Å². The number of nitrogens with one attached hydrogen (secondary N) is 1. The second-order valence-corrected chi connectivity index (χ2v) is 5.97. The predicted molar refractivity (Wildman–Crippen MR) is 80.4 cm³/mol. The van der Waals surface area contributed by atoms with E-state index >= 15 is 0 Å². The number of rotatable bonds is 5. The van der Waals surface area contributed by atoms with Crippen molar-refractivity contribution in [3.05, 3.63) is 16.6 Å². The van der Waals surface area contributed by atoms with E-state index < -0.39 is 0 Å². The molecule has 1 aromatic heterocycles. The minimum atomic E-state index is -0.368. The number of nitrogens with two attached hydrogens (primary N) is 1. The van der Waals surface area contributed by atoms with Gasteiger partial charge in [0, 0.05) is 11.6 Å². The van der Waals surface area contributed by atoms with Crippen LogP contribution < -0.4 is 11.1 Å². The summed E-state index contributed by atoms with van der Waals surface area (Å²) in [5.41, 5.74) is 5.96. The quantitative estimate of drug-likeness (QED) is 0.878. The molecule has 0 bridgehead atoms. The van der Waals surface area contributed by atoms with Crippen LogP contribution in [0.2, 0.25) is 0 Å². The Hall–Kier alpha value is -0.650. The molecular formula is C13H22ClN3OS. The van der Waals surface area contributed by atoms with E-state index in [0.717, 1.165) is 11.4 Å². The third-order valence-electron chi connectivity index (χ3n) is 3.55. The van der Waals surface area contributed by atoms with Crippen molar-refractivity contribution in [2.24, 2.45) is 11.7 Å². The number of nitrogens with zero attached hydrogens (tertiary/aromatic N) is 1. The molecule has 1 atom stereocenters. The fraction of sp³-hybridized carbons (Fsp3) is 0.692. The van der Waals surface area contributed by atoms with Crippen LogP contribution in [0.25, 0.3) is 0 Å². The van der Waals surface area contributed by atoms with Crippen LogP contribution in [0.5, 0.6) is 0 Å². The average molecular weight is 304 g/mol. The summed E-state index contributed by atoms with van der Waals surface area (Å²) in [5.74, 6) is 0.593. The molecule has 108 valence electrons. The first-order valence-electron chi connectivity index (χ1n) is 6.67. The highest BCUT2D eigenvalue weighted by Crippen LogP contribution is 2.26. The molecule has 19 heavy (non-hydrogen) atoms. The molecule has 0 aromatic carbocycles. The lowest BCUT2D eigenvalue weighted by molar-refractivity contribution is -0.122. The minimum absolute atomic E-state index is 0. The number of thiazole rings is 1.